The van der Waals surface area contributed by atoms with Gasteiger partial charge in [0.15, 0.2) is 0 Å². The van der Waals surface area contributed by atoms with Gasteiger partial charge in [-0.3, -0.25) is 13.9 Å². The van der Waals surface area contributed by atoms with E-state index in [1.807, 2.05) is 37.3 Å². The fourth-order valence-corrected chi connectivity index (χ4v) is 7.64. The minimum absolute atomic E-state index is 0.0240. The monoisotopic (exact) mass is 709 g/mol. The summed E-state index contributed by atoms with van der Waals surface area (Å²) in [5, 5.41) is 3.79. The molecule has 2 amide bonds. The summed E-state index contributed by atoms with van der Waals surface area (Å²) in [6.45, 7) is 1.14. The molecule has 1 unspecified atom stereocenters. The van der Waals surface area contributed by atoms with Crippen LogP contribution < -0.4 is 9.62 Å². The van der Waals surface area contributed by atoms with Gasteiger partial charge in [0.2, 0.25) is 11.8 Å². The van der Waals surface area contributed by atoms with Crippen LogP contribution in [0.15, 0.2) is 102 Å². The number of nitrogens with zero attached hydrogens (tertiary/aromatic N) is 2. The minimum Gasteiger partial charge on any atom is -0.352 e. The van der Waals surface area contributed by atoms with Crippen molar-refractivity contribution in [3.8, 4) is 0 Å². The van der Waals surface area contributed by atoms with Gasteiger partial charge < -0.3 is 10.2 Å². The molecule has 48 heavy (non-hydrogen) atoms. The van der Waals surface area contributed by atoms with Crippen molar-refractivity contribution >= 4 is 50.7 Å². The number of aryl methyl sites for hydroxylation is 1. The second kappa shape index (κ2) is 16.0. The van der Waals surface area contributed by atoms with Crippen LogP contribution in [0.1, 0.15) is 48.8 Å². The van der Waals surface area contributed by atoms with Crippen LogP contribution in [0.5, 0.6) is 0 Å². The van der Waals surface area contributed by atoms with Crippen LogP contribution in [0.3, 0.4) is 0 Å². The Morgan fingerprint density at radius 1 is 0.854 bits per heavy atom. The molecule has 0 bridgehead atoms. The van der Waals surface area contributed by atoms with Gasteiger partial charge in [-0.05, 0) is 79.4 Å². The lowest BCUT2D eigenvalue weighted by Crippen LogP contribution is -2.55. The predicted molar refractivity (Wildman–Crippen MR) is 188 cm³/mol. The van der Waals surface area contributed by atoms with E-state index < -0.39 is 34.3 Å². The van der Waals surface area contributed by atoms with Crippen LogP contribution in [-0.2, 0) is 32.6 Å². The standard InChI is InChI=1S/C37H38Cl2FN3O4S/c1-26-12-19-32(20-13-26)48(46,47)43(31-17-15-29(40)16-18-31)25-36(44)42(24-28-14-21-33(38)34(39)22-28)35(23-27-8-4-2-5-9-27)37(45)41-30-10-6-3-7-11-30/h2,4-5,8-9,12-22,30,35H,3,6-7,10-11,23-25H2,1H3,(H,41,45). The van der Waals surface area contributed by atoms with E-state index in [1.54, 1.807) is 30.3 Å². The Bertz CT molecular complexity index is 1820. The predicted octanol–water partition coefficient (Wildman–Crippen LogP) is 7.73. The number of anilines is 1. The summed E-state index contributed by atoms with van der Waals surface area (Å²) in [7, 11) is -4.30. The number of rotatable bonds is 12. The summed E-state index contributed by atoms with van der Waals surface area (Å²) in [5.41, 5.74) is 2.40. The molecule has 1 atom stereocenters. The summed E-state index contributed by atoms with van der Waals surface area (Å²) in [5.74, 6) is -1.50. The van der Waals surface area contributed by atoms with Gasteiger partial charge in [0, 0.05) is 19.0 Å². The average Bonchev–Trinajstić information content (AvgIpc) is 3.08. The number of amides is 2. The zero-order chi connectivity index (χ0) is 34.3. The molecule has 0 aromatic heterocycles. The van der Waals surface area contributed by atoms with E-state index in [0.29, 0.717) is 10.6 Å². The number of hydrogen-bond acceptors (Lipinski definition) is 4. The Balaban J connectivity index is 1.57. The summed E-state index contributed by atoms with van der Waals surface area (Å²) in [4.78, 5) is 30.2. The molecule has 1 N–H and O–H groups in total. The summed E-state index contributed by atoms with van der Waals surface area (Å²) in [6, 6.07) is 24.5. The minimum atomic E-state index is -4.30. The van der Waals surface area contributed by atoms with Gasteiger partial charge in [0.25, 0.3) is 10.0 Å². The highest BCUT2D eigenvalue weighted by atomic mass is 35.5. The van der Waals surface area contributed by atoms with E-state index in [9.17, 15) is 22.4 Å². The number of halogens is 3. The Morgan fingerprint density at radius 2 is 1.52 bits per heavy atom. The Hall–Kier alpha value is -3.92. The summed E-state index contributed by atoms with van der Waals surface area (Å²) >= 11 is 12.6. The highest BCUT2D eigenvalue weighted by Crippen LogP contribution is 2.28. The molecule has 1 aliphatic rings. The number of sulfonamides is 1. The molecule has 0 saturated heterocycles. The maximum absolute atomic E-state index is 14.6. The zero-order valence-corrected chi connectivity index (χ0v) is 28.9. The van der Waals surface area contributed by atoms with E-state index in [2.05, 4.69) is 5.32 Å². The third kappa shape index (κ3) is 8.95. The Kier molecular flexibility index (Phi) is 11.8. The second-order valence-electron chi connectivity index (χ2n) is 12.1. The van der Waals surface area contributed by atoms with Crippen molar-refractivity contribution in [1.29, 1.82) is 0 Å². The van der Waals surface area contributed by atoms with Gasteiger partial charge in [-0.15, -0.1) is 0 Å². The Morgan fingerprint density at radius 3 is 2.17 bits per heavy atom. The van der Waals surface area contributed by atoms with Crippen LogP contribution >= 0.6 is 23.2 Å². The summed E-state index contributed by atoms with van der Waals surface area (Å²) < 4.78 is 43.2. The van der Waals surface area contributed by atoms with Gasteiger partial charge in [-0.2, -0.15) is 0 Å². The lowest BCUT2D eigenvalue weighted by atomic mass is 9.94. The van der Waals surface area contributed by atoms with Crippen molar-refractivity contribution in [1.82, 2.24) is 10.2 Å². The molecular formula is C37H38Cl2FN3O4S. The van der Waals surface area contributed by atoms with Crippen molar-refractivity contribution in [2.75, 3.05) is 10.8 Å². The lowest BCUT2D eigenvalue weighted by molar-refractivity contribution is -0.140. The van der Waals surface area contributed by atoms with Crippen molar-refractivity contribution in [2.24, 2.45) is 0 Å². The summed E-state index contributed by atoms with van der Waals surface area (Å²) in [6.07, 6.45) is 4.99. The molecule has 4 aromatic rings. The molecule has 0 heterocycles. The lowest BCUT2D eigenvalue weighted by Gasteiger charge is -2.35. The van der Waals surface area contributed by atoms with Gasteiger partial charge in [0.1, 0.15) is 18.4 Å². The van der Waals surface area contributed by atoms with Gasteiger partial charge in [-0.1, -0.05) is 96.6 Å². The number of benzene rings is 4. The van der Waals surface area contributed by atoms with Crippen molar-refractivity contribution in [3.63, 3.8) is 0 Å². The van der Waals surface area contributed by atoms with E-state index >= 15 is 0 Å². The maximum Gasteiger partial charge on any atom is 0.264 e. The number of carbonyl (C=O) groups excluding carboxylic acids is 2. The van der Waals surface area contributed by atoms with Gasteiger partial charge >= 0.3 is 0 Å². The fraction of sp³-hybridized carbons (Fsp3) is 0.297. The van der Waals surface area contributed by atoms with Gasteiger partial charge in [0.05, 0.1) is 20.6 Å². The fourth-order valence-electron chi connectivity index (χ4n) is 5.91. The van der Waals surface area contributed by atoms with Crippen molar-refractivity contribution in [3.05, 3.63) is 130 Å². The number of carbonyl (C=O) groups is 2. The molecule has 1 saturated carbocycles. The highest BCUT2D eigenvalue weighted by molar-refractivity contribution is 7.92. The Labute approximate surface area is 291 Å². The number of hydrogen-bond donors (Lipinski definition) is 1. The molecule has 1 aliphatic carbocycles. The molecule has 1 fully saturated rings. The van der Waals surface area contributed by atoms with E-state index in [-0.39, 0.29) is 40.5 Å². The first-order valence-corrected chi connectivity index (χ1v) is 18.1. The molecule has 5 rings (SSSR count). The SMILES string of the molecule is Cc1ccc(S(=O)(=O)N(CC(=O)N(Cc2ccc(Cl)c(Cl)c2)C(Cc2ccccc2)C(=O)NC2CCCCC2)c2ccc(F)cc2)cc1. The first-order valence-electron chi connectivity index (χ1n) is 15.9. The molecule has 0 radical (unpaired) electrons. The molecule has 0 spiro atoms. The molecule has 7 nitrogen and oxygen atoms in total. The van der Waals surface area contributed by atoms with Crippen molar-refractivity contribution < 1.29 is 22.4 Å². The van der Waals surface area contributed by atoms with Crippen molar-refractivity contribution in [2.45, 2.75) is 69.0 Å². The molecule has 4 aromatic carbocycles. The first-order chi connectivity index (χ1) is 23.0. The van der Waals surface area contributed by atoms with E-state index in [1.165, 1.54) is 29.2 Å². The zero-order valence-electron chi connectivity index (χ0n) is 26.6. The van der Waals surface area contributed by atoms with Crippen LogP contribution in [0.2, 0.25) is 10.0 Å². The second-order valence-corrected chi connectivity index (χ2v) is 14.8. The average molecular weight is 711 g/mol. The largest absolute Gasteiger partial charge is 0.352 e. The molecular weight excluding hydrogens is 672 g/mol. The molecule has 252 valence electrons. The first kappa shape index (κ1) is 35.4. The normalized spacial score (nSPS) is 14.2. The van der Waals surface area contributed by atoms with Crippen LogP contribution in [0.4, 0.5) is 10.1 Å². The topological polar surface area (TPSA) is 86.8 Å². The molecule has 0 aliphatic heterocycles. The van der Waals surface area contributed by atoms with Crippen LogP contribution in [0.25, 0.3) is 0 Å². The molecule has 11 heteroatoms. The third-order valence-corrected chi connectivity index (χ3v) is 11.1. The quantitative estimate of drug-likeness (QED) is 0.163. The smallest absolute Gasteiger partial charge is 0.264 e. The third-order valence-electron chi connectivity index (χ3n) is 8.56. The van der Waals surface area contributed by atoms with Gasteiger partial charge in [-0.25, -0.2) is 12.8 Å². The van der Waals surface area contributed by atoms with E-state index in [0.717, 1.165) is 59.7 Å². The van der Waals surface area contributed by atoms with Crippen LogP contribution in [0, 0.1) is 12.7 Å². The highest BCUT2D eigenvalue weighted by Gasteiger charge is 2.35. The van der Waals surface area contributed by atoms with E-state index in [4.69, 9.17) is 23.2 Å². The van der Waals surface area contributed by atoms with Crippen LogP contribution in [-0.4, -0.2) is 43.8 Å². The number of nitrogens with one attached hydrogen (secondary N) is 1. The maximum atomic E-state index is 14.6.